The summed E-state index contributed by atoms with van der Waals surface area (Å²) in [5, 5.41) is 8.96. The van der Waals surface area contributed by atoms with E-state index in [-0.39, 0.29) is 31.0 Å². The molecule has 0 amide bonds. The van der Waals surface area contributed by atoms with Gasteiger partial charge in [0.05, 0.1) is 5.92 Å². The summed E-state index contributed by atoms with van der Waals surface area (Å²) in [6.45, 7) is 1.35. The van der Waals surface area contributed by atoms with Gasteiger partial charge in [0.1, 0.15) is 5.78 Å². The topological polar surface area (TPSA) is 54.4 Å². The van der Waals surface area contributed by atoms with Gasteiger partial charge >= 0.3 is 5.97 Å². The number of hydrogen-bond donors (Lipinski definition) is 1. The summed E-state index contributed by atoms with van der Waals surface area (Å²) in [4.78, 5) is 21.9. The van der Waals surface area contributed by atoms with Crippen LogP contribution in [0.1, 0.15) is 45.4 Å². The molecule has 0 aromatic carbocycles. The zero-order valence-electron chi connectivity index (χ0n) is 9.92. The van der Waals surface area contributed by atoms with Gasteiger partial charge in [0, 0.05) is 19.3 Å². The molecule has 0 saturated heterocycles. The summed E-state index contributed by atoms with van der Waals surface area (Å²) in [6, 6.07) is 0. The molecule has 5 heteroatoms. The molecule has 1 aliphatic rings. The zero-order chi connectivity index (χ0) is 13.1. The Kier molecular flexibility index (Phi) is 4.60. The van der Waals surface area contributed by atoms with Gasteiger partial charge in [0.25, 0.3) is 0 Å². The number of carboxylic acids is 1. The van der Waals surface area contributed by atoms with E-state index in [2.05, 4.69) is 0 Å². The summed E-state index contributed by atoms with van der Waals surface area (Å²) in [5.41, 5.74) is 0. The molecule has 0 spiro atoms. The highest BCUT2D eigenvalue weighted by atomic mass is 19.3. The second kappa shape index (κ2) is 5.56. The van der Waals surface area contributed by atoms with Crippen molar-refractivity contribution in [3.05, 3.63) is 0 Å². The predicted molar refractivity (Wildman–Crippen MR) is 57.9 cm³/mol. The van der Waals surface area contributed by atoms with Crippen molar-refractivity contribution in [2.24, 2.45) is 11.8 Å². The van der Waals surface area contributed by atoms with Gasteiger partial charge in [-0.15, -0.1) is 0 Å². The summed E-state index contributed by atoms with van der Waals surface area (Å²) in [7, 11) is 0. The molecule has 0 aromatic heterocycles. The highest BCUT2D eigenvalue weighted by Gasteiger charge is 2.36. The van der Waals surface area contributed by atoms with Gasteiger partial charge in [-0.25, -0.2) is 8.78 Å². The van der Waals surface area contributed by atoms with Crippen molar-refractivity contribution >= 4 is 11.8 Å². The Morgan fingerprint density at radius 1 is 1.35 bits per heavy atom. The Balaban J connectivity index is 2.46. The molecule has 1 atom stereocenters. The first-order chi connectivity index (χ1) is 7.80. The van der Waals surface area contributed by atoms with Crippen molar-refractivity contribution in [3.8, 4) is 0 Å². The van der Waals surface area contributed by atoms with Crippen molar-refractivity contribution in [2.75, 3.05) is 0 Å². The van der Waals surface area contributed by atoms with Crippen molar-refractivity contribution in [1.82, 2.24) is 0 Å². The monoisotopic (exact) mass is 248 g/mol. The molecule has 1 fully saturated rings. The highest BCUT2D eigenvalue weighted by Crippen LogP contribution is 2.38. The van der Waals surface area contributed by atoms with E-state index in [0.717, 1.165) is 0 Å². The summed E-state index contributed by atoms with van der Waals surface area (Å²) < 4.78 is 25.8. The molecule has 0 heterocycles. The van der Waals surface area contributed by atoms with Crippen LogP contribution in [0.15, 0.2) is 0 Å². The van der Waals surface area contributed by atoms with Gasteiger partial charge in [-0.3, -0.25) is 4.79 Å². The molecule has 3 nitrogen and oxygen atoms in total. The number of carbonyl (C=O) groups is 2. The summed E-state index contributed by atoms with van der Waals surface area (Å²) >= 11 is 0. The van der Waals surface area contributed by atoms with Crippen molar-refractivity contribution in [1.29, 1.82) is 0 Å². The zero-order valence-corrected chi connectivity index (χ0v) is 9.92. The Hall–Kier alpha value is -1.00. The Morgan fingerprint density at radius 3 is 2.29 bits per heavy atom. The maximum Gasteiger partial charge on any atom is 0.306 e. The second-order valence-corrected chi connectivity index (χ2v) is 4.98. The maximum absolute atomic E-state index is 12.9. The van der Waals surface area contributed by atoms with Gasteiger partial charge < -0.3 is 9.90 Å². The molecule has 1 rings (SSSR count). The smallest absolute Gasteiger partial charge is 0.306 e. The molecule has 17 heavy (non-hydrogen) atoms. The first kappa shape index (κ1) is 14.1. The third kappa shape index (κ3) is 4.79. The third-order valence-corrected chi connectivity index (χ3v) is 3.34. The van der Waals surface area contributed by atoms with E-state index >= 15 is 0 Å². The highest BCUT2D eigenvalue weighted by molar-refractivity contribution is 5.81. The van der Waals surface area contributed by atoms with Crippen LogP contribution in [0.4, 0.5) is 8.78 Å². The Bertz CT molecular complexity index is 292. The largest absolute Gasteiger partial charge is 0.481 e. The quantitative estimate of drug-likeness (QED) is 0.813. The van der Waals surface area contributed by atoms with Gasteiger partial charge in [0.2, 0.25) is 5.92 Å². The Morgan fingerprint density at radius 2 is 1.88 bits per heavy atom. The van der Waals surface area contributed by atoms with Gasteiger partial charge in [-0.05, 0) is 32.1 Å². The van der Waals surface area contributed by atoms with Gasteiger partial charge in [-0.1, -0.05) is 0 Å². The van der Waals surface area contributed by atoms with Gasteiger partial charge in [0.15, 0.2) is 0 Å². The first-order valence-corrected chi connectivity index (χ1v) is 5.90. The molecule has 1 aliphatic carbocycles. The first-order valence-electron chi connectivity index (χ1n) is 5.90. The van der Waals surface area contributed by atoms with E-state index in [1.54, 1.807) is 0 Å². The number of halogens is 2. The fourth-order valence-electron chi connectivity index (χ4n) is 2.36. The van der Waals surface area contributed by atoms with Crippen LogP contribution in [-0.4, -0.2) is 22.8 Å². The molecule has 1 saturated carbocycles. The molecule has 0 unspecified atom stereocenters. The molecule has 0 bridgehead atoms. The number of hydrogen-bond acceptors (Lipinski definition) is 2. The van der Waals surface area contributed by atoms with E-state index in [1.165, 1.54) is 6.92 Å². The number of aliphatic carboxylic acids is 1. The minimum Gasteiger partial charge on any atom is -0.481 e. The number of Topliss-reactive ketones (excluding diaryl/α,β-unsaturated/α-hetero) is 1. The fourth-order valence-corrected chi connectivity index (χ4v) is 2.36. The van der Waals surface area contributed by atoms with Crippen LogP contribution in [0.2, 0.25) is 0 Å². The average Bonchev–Trinajstić information content (AvgIpc) is 2.19. The van der Waals surface area contributed by atoms with Crippen LogP contribution in [0.5, 0.6) is 0 Å². The average molecular weight is 248 g/mol. The van der Waals surface area contributed by atoms with Crippen LogP contribution in [0, 0.1) is 11.8 Å². The number of carboxylic acid groups (broad SMARTS) is 1. The summed E-state index contributed by atoms with van der Waals surface area (Å²) in [5.74, 6) is -4.47. The van der Waals surface area contributed by atoms with E-state index in [1.807, 2.05) is 0 Å². The molecule has 0 aromatic rings. The molecule has 98 valence electrons. The van der Waals surface area contributed by atoms with Crippen LogP contribution >= 0.6 is 0 Å². The van der Waals surface area contributed by atoms with Gasteiger partial charge in [-0.2, -0.15) is 0 Å². The van der Waals surface area contributed by atoms with E-state index in [9.17, 15) is 18.4 Å². The predicted octanol–water partition coefficient (Wildman–Crippen LogP) is 2.88. The lowest BCUT2D eigenvalue weighted by atomic mass is 9.80. The number of rotatable bonds is 5. The molecule has 0 aliphatic heterocycles. The SMILES string of the molecule is CC(=O)C[C@@H](CC1CCC(F)(F)CC1)C(=O)O. The molecule has 0 radical (unpaired) electrons. The third-order valence-electron chi connectivity index (χ3n) is 3.34. The number of ketones is 1. The second-order valence-electron chi connectivity index (χ2n) is 4.98. The van der Waals surface area contributed by atoms with Crippen LogP contribution < -0.4 is 0 Å². The normalized spacial score (nSPS) is 22.1. The molecular formula is C12H18F2O3. The minimum atomic E-state index is -2.59. The lowest BCUT2D eigenvalue weighted by molar-refractivity contribution is -0.144. The minimum absolute atomic E-state index is 0.00221. The number of alkyl halides is 2. The van der Waals surface area contributed by atoms with Crippen LogP contribution in [0.25, 0.3) is 0 Å². The van der Waals surface area contributed by atoms with Crippen molar-refractivity contribution in [2.45, 2.75) is 51.4 Å². The van der Waals surface area contributed by atoms with Crippen LogP contribution in [-0.2, 0) is 9.59 Å². The lowest BCUT2D eigenvalue weighted by Gasteiger charge is -2.29. The van der Waals surface area contributed by atoms with E-state index in [0.29, 0.717) is 19.3 Å². The van der Waals surface area contributed by atoms with E-state index in [4.69, 9.17) is 5.11 Å². The summed E-state index contributed by atoms with van der Waals surface area (Å²) in [6.07, 6.45) is 0.727. The lowest BCUT2D eigenvalue weighted by Crippen LogP contribution is -2.28. The van der Waals surface area contributed by atoms with Crippen molar-refractivity contribution in [3.63, 3.8) is 0 Å². The fraction of sp³-hybridized carbons (Fsp3) is 0.833. The maximum atomic E-state index is 12.9. The molecule has 1 N–H and O–H groups in total. The van der Waals surface area contributed by atoms with E-state index < -0.39 is 17.8 Å². The van der Waals surface area contributed by atoms with Crippen molar-refractivity contribution < 1.29 is 23.5 Å². The Labute approximate surface area is 99.2 Å². The standard InChI is InChI=1S/C12H18F2O3/c1-8(15)6-10(11(16)17)7-9-2-4-12(13,14)5-3-9/h9-10H,2-7H2,1H3,(H,16,17)/t10-/m0/s1. The number of carbonyl (C=O) groups excluding carboxylic acids is 1. The van der Waals surface area contributed by atoms with Crippen LogP contribution in [0.3, 0.4) is 0 Å². The molecular weight excluding hydrogens is 230 g/mol.